The molecule has 0 bridgehead atoms. The van der Waals surface area contributed by atoms with Crippen LogP contribution < -0.4 is 5.32 Å². The normalized spacial score (nSPS) is 11.5. The zero-order chi connectivity index (χ0) is 18.4. The molecular formula is C17H18N4O3S. The van der Waals surface area contributed by atoms with Crippen LogP contribution in [0.4, 0.5) is 5.82 Å². The van der Waals surface area contributed by atoms with Crippen molar-refractivity contribution in [3.63, 3.8) is 0 Å². The molecule has 1 aromatic carbocycles. The highest BCUT2D eigenvalue weighted by atomic mass is 32.2. The van der Waals surface area contributed by atoms with Crippen molar-refractivity contribution in [3.05, 3.63) is 48.0 Å². The first kappa shape index (κ1) is 18.6. The van der Waals surface area contributed by atoms with Crippen molar-refractivity contribution in [2.75, 3.05) is 19.4 Å². The summed E-state index contributed by atoms with van der Waals surface area (Å²) in [5, 5.41) is 10.1. The van der Waals surface area contributed by atoms with Crippen LogP contribution >= 0.6 is 11.8 Å². The summed E-state index contributed by atoms with van der Waals surface area (Å²) in [5.74, 6) is -0.566. The highest BCUT2D eigenvalue weighted by Crippen LogP contribution is 2.23. The minimum Gasteiger partial charge on any atom is -0.347 e. The monoisotopic (exact) mass is 358 g/mol. The van der Waals surface area contributed by atoms with Gasteiger partial charge in [0.15, 0.2) is 11.6 Å². The second kappa shape index (κ2) is 8.39. The van der Waals surface area contributed by atoms with Gasteiger partial charge in [-0.05, 0) is 31.2 Å². The van der Waals surface area contributed by atoms with Crippen molar-refractivity contribution in [3.8, 4) is 0 Å². The molecule has 0 saturated heterocycles. The molecule has 1 unspecified atom stereocenters. The number of carbonyl (C=O) groups excluding carboxylic acids is 3. The molecule has 1 atom stereocenters. The number of hydrogen-bond donors (Lipinski definition) is 1. The van der Waals surface area contributed by atoms with Crippen molar-refractivity contribution < 1.29 is 14.4 Å². The largest absolute Gasteiger partial charge is 0.347 e. The number of anilines is 1. The second-order valence-corrected chi connectivity index (χ2v) is 6.54. The molecule has 1 N–H and O–H groups in total. The SMILES string of the molecule is CC(=O)C(Sc1ccc(NC(=O)c2ccccc2)nn1)C(=O)N(C)C. The van der Waals surface area contributed by atoms with Gasteiger partial charge in [-0.15, -0.1) is 10.2 Å². The average Bonchev–Trinajstić information content (AvgIpc) is 2.60. The Bertz CT molecular complexity index is 763. The molecule has 0 radical (unpaired) electrons. The molecule has 0 saturated carbocycles. The Morgan fingerprint density at radius 1 is 1.04 bits per heavy atom. The van der Waals surface area contributed by atoms with Crippen LogP contribution in [0, 0.1) is 0 Å². The zero-order valence-electron chi connectivity index (χ0n) is 14.1. The topological polar surface area (TPSA) is 92.3 Å². The van der Waals surface area contributed by atoms with Crippen LogP contribution in [0.15, 0.2) is 47.5 Å². The summed E-state index contributed by atoms with van der Waals surface area (Å²) in [6.45, 7) is 1.36. The predicted molar refractivity (Wildman–Crippen MR) is 95.4 cm³/mol. The second-order valence-electron chi connectivity index (χ2n) is 5.42. The summed E-state index contributed by atoms with van der Waals surface area (Å²) in [7, 11) is 3.18. The third-order valence-electron chi connectivity index (χ3n) is 3.19. The van der Waals surface area contributed by atoms with Gasteiger partial charge in [-0.25, -0.2) is 0 Å². The molecule has 1 heterocycles. The zero-order valence-corrected chi connectivity index (χ0v) is 14.9. The summed E-state index contributed by atoms with van der Waals surface area (Å²) in [6.07, 6.45) is 0. The molecular weight excluding hydrogens is 340 g/mol. The highest BCUT2D eigenvalue weighted by molar-refractivity contribution is 8.01. The van der Waals surface area contributed by atoms with Crippen LogP contribution in [0.2, 0.25) is 0 Å². The third kappa shape index (κ3) is 5.12. The van der Waals surface area contributed by atoms with E-state index in [2.05, 4.69) is 15.5 Å². The van der Waals surface area contributed by atoms with E-state index < -0.39 is 5.25 Å². The molecule has 8 heteroatoms. The van der Waals surface area contributed by atoms with Gasteiger partial charge in [-0.2, -0.15) is 0 Å². The first-order valence-electron chi connectivity index (χ1n) is 7.47. The Kier molecular flexibility index (Phi) is 6.24. The number of benzene rings is 1. The molecule has 0 aliphatic heterocycles. The number of carbonyl (C=O) groups is 3. The Morgan fingerprint density at radius 2 is 1.72 bits per heavy atom. The van der Waals surface area contributed by atoms with Crippen molar-refractivity contribution in [2.24, 2.45) is 0 Å². The number of nitrogens with zero attached hydrogens (tertiary/aromatic N) is 3. The lowest BCUT2D eigenvalue weighted by molar-refractivity contribution is -0.132. The van der Waals surface area contributed by atoms with E-state index in [1.54, 1.807) is 50.5 Å². The molecule has 7 nitrogen and oxygen atoms in total. The maximum Gasteiger partial charge on any atom is 0.256 e. The van der Waals surface area contributed by atoms with Gasteiger partial charge in [-0.1, -0.05) is 30.0 Å². The summed E-state index contributed by atoms with van der Waals surface area (Å²) in [6, 6.07) is 11.9. The summed E-state index contributed by atoms with van der Waals surface area (Å²) >= 11 is 1.03. The average molecular weight is 358 g/mol. The van der Waals surface area contributed by atoms with E-state index in [0.29, 0.717) is 10.6 Å². The van der Waals surface area contributed by atoms with Gasteiger partial charge in [0, 0.05) is 19.7 Å². The molecule has 130 valence electrons. The van der Waals surface area contributed by atoms with Crippen LogP contribution in [0.5, 0.6) is 0 Å². The molecule has 0 aliphatic carbocycles. The van der Waals surface area contributed by atoms with E-state index in [9.17, 15) is 14.4 Å². The molecule has 1 aromatic heterocycles. The summed E-state index contributed by atoms with van der Waals surface area (Å²) in [5.41, 5.74) is 0.510. The molecule has 0 fully saturated rings. The lowest BCUT2D eigenvalue weighted by Gasteiger charge is -2.17. The third-order valence-corrected chi connectivity index (χ3v) is 4.42. The molecule has 2 aromatic rings. The van der Waals surface area contributed by atoms with Gasteiger partial charge in [0.05, 0.1) is 0 Å². The molecule has 0 spiro atoms. The fourth-order valence-electron chi connectivity index (χ4n) is 1.89. The van der Waals surface area contributed by atoms with Gasteiger partial charge in [0.25, 0.3) is 5.91 Å². The van der Waals surface area contributed by atoms with Crippen LogP contribution in [-0.2, 0) is 9.59 Å². The fraction of sp³-hybridized carbons (Fsp3) is 0.235. The van der Waals surface area contributed by atoms with Crippen LogP contribution in [0.25, 0.3) is 0 Å². The van der Waals surface area contributed by atoms with Gasteiger partial charge in [0.1, 0.15) is 10.3 Å². The van der Waals surface area contributed by atoms with Crippen molar-refractivity contribution in [1.82, 2.24) is 15.1 Å². The number of thioether (sulfide) groups is 1. The van der Waals surface area contributed by atoms with E-state index >= 15 is 0 Å². The number of nitrogens with one attached hydrogen (secondary N) is 1. The van der Waals surface area contributed by atoms with E-state index in [-0.39, 0.29) is 23.4 Å². The van der Waals surface area contributed by atoms with Crippen molar-refractivity contribution >= 4 is 35.2 Å². The van der Waals surface area contributed by atoms with E-state index in [4.69, 9.17) is 0 Å². The van der Waals surface area contributed by atoms with Crippen LogP contribution in [0.1, 0.15) is 17.3 Å². The fourth-order valence-corrected chi connectivity index (χ4v) is 2.84. The lowest BCUT2D eigenvalue weighted by atomic mass is 10.2. The number of amides is 2. The van der Waals surface area contributed by atoms with E-state index in [0.717, 1.165) is 11.8 Å². The quantitative estimate of drug-likeness (QED) is 0.626. The maximum atomic E-state index is 12.1. The Labute approximate surface area is 149 Å². The van der Waals surface area contributed by atoms with Crippen LogP contribution in [0.3, 0.4) is 0 Å². The van der Waals surface area contributed by atoms with Crippen molar-refractivity contribution in [1.29, 1.82) is 0 Å². The Hall–Kier alpha value is -2.74. The van der Waals surface area contributed by atoms with Crippen molar-refractivity contribution in [2.45, 2.75) is 17.2 Å². The van der Waals surface area contributed by atoms with Gasteiger partial charge in [-0.3, -0.25) is 14.4 Å². The minimum atomic E-state index is -0.867. The molecule has 0 aliphatic rings. The first-order valence-corrected chi connectivity index (χ1v) is 8.35. The van der Waals surface area contributed by atoms with E-state index in [1.807, 2.05) is 6.07 Å². The van der Waals surface area contributed by atoms with Gasteiger partial charge in [0.2, 0.25) is 5.91 Å². The molecule has 2 amide bonds. The van der Waals surface area contributed by atoms with Crippen LogP contribution in [-0.4, -0.2) is 52.0 Å². The first-order chi connectivity index (χ1) is 11.9. The van der Waals surface area contributed by atoms with Gasteiger partial charge >= 0.3 is 0 Å². The Balaban J connectivity index is 2.05. The molecule has 2 rings (SSSR count). The number of hydrogen-bond acceptors (Lipinski definition) is 6. The van der Waals surface area contributed by atoms with Gasteiger partial charge < -0.3 is 10.2 Å². The number of rotatable bonds is 6. The standard InChI is InChI=1S/C17H18N4O3S/c1-11(22)15(17(24)21(2)3)25-14-10-9-13(19-20-14)18-16(23)12-7-5-4-6-8-12/h4-10,15H,1-3H3,(H,18,19,23). The summed E-state index contributed by atoms with van der Waals surface area (Å²) in [4.78, 5) is 37.1. The lowest BCUT2D eigenvalue weighted by Crippen LogP contribution is -2.35. The smallest absolute Gasteiger partial charge is 0.256 e. The number of aromatic nitrogens is 2. The predicted octanol–water partition coefficient (Wildman–Crippen LogP) is 1.87. The highest BCUT2D eigenvalue weighted by Gasteiger charge is 2.26. The number of Topliss-reactive ketones (excluding diaryl/α,β-unsaturated/α-hetero) is 1. The molecule has 25 heavy (non-hydrogen) atoms. The maximum absolute atomic E-state index is 12.1. The minimum absolute atomic E-state index is 0.257. The Morgan fingerprint density at radius 3 is 2.24 bits per heavy atom. The number of ketones is 1. The summed E-state index contributed by atoms with van der Waals surface area (Å²) < 4.78 is 0. The van der Waals surface area contributed by atoms with E-state index in [1.165, 1.54) is 11.8 Å².